The highest BCUT2D eigenvalue weighted by atomic mass is 79.9. The number of fused-ring (bicyclic) bond motifs is 1. The van der Waals surface area contributed by atoms with Gasteiger partial charge in [-0.25, -0.2) is 0 Å². The molecule has 0 heterocycles. The van der Waals surface area contributed by atoms with Crippen molar-refractivity contribution in [1.82, 2.24) is 5.32 Å². The van der Waals surface area contributed by atoms with Crippen LogP contribution >= 0.6 is 15.9 Å². The van der Waals surface area contributed by atoms with Crippen molar-refractivity contribution in [3.63, 3.8) is 0 Å². The highest BCUT2D eigenvalue weighted by Crippen LogP contribution is 2.23. The van der Waals surface area contributed by atoms with Gasteiger partial charge in [-0.15, -0.1) is 0 Å². The van der Waals surface area contributed by atoms with Crippen molar-refractivity contribution in [2.75, 3.05) is 0 Å². The summed E-state index contributed by atoms with van der Waals surface area (Å²) in [4.78, 5) is 0. The lowest BCUT2D eigenvalue weighted by molar-refractivity contribution is 0.574. The lowest BCUT2D eigenvalue weighted by Gasteiger charge is -2.15. The van der Waals surface area contributed by atoms with Crippen molar-refractivity contribution in [3.05, 3.63) is 69.2 Å². The molecule has 0 aliphatic heterocycles. The molecule has 0 aromatic heterocycles. The van der Waals surface area contributed by atoms with Gasteiger partial charge in [-0.05, 0) is 60.6 Å². The molecular formula is C18H20BrN. The van der Waals surface area contributed by atoms with Gasteiger partial charge in [0.1, 0.15) is 0 Å². The molecule has 0 saturated heterocycles. The molecule has 1 unspecified atom stereocenters. The third-order valence-corrected chi connectivity index (χ3v) is 4.67. The van der Waals surface area contributed by atoms with E-state index in [9.17, 15) is 0 Å². The fourth-order valence-electron chi connectivity index (χ4n) is 2.88. The molecule has 0 fully saturated rings. The van der Waals surface area contributed by atoms with Crippen molar-refractivity contribution in [2.24, 2.45) is 0 Å². The standard InChI is InChI=1S/C18H20BrN/c1-13(15-7-9-18(19)10-8-15)20-12-14-5-6-16-3-2-4-17(16)11-14/h5-11,13,20H,2-4,12H2,1H3. The molecular weight excluding hydrogens is 310 g/mol. The summed E-state index contributed by atoms with van der Waals surface area (Å²) in [5, 5.41) is 3.61. The minimum atomic E-state index is 0.372. The molecule has 1 nitrogen and oxygen atoms in total. The molecule has 1 atom stereocenters. The van der Waals surface area contributed by atoms with Crippen LogP contribution in [-0.4, -0.2) is 0 Å². The predicted molar refractivity (Wildman–Crippen MR) is 87.9 cm³/mol. The Morgan fingerprint density at radius 3 is 2.60 bits per heavy atom. The number of rotatable bonds is 4. The van der Waals surface area contributed by atoms with Crippen molar-refractivity contribution in [1.29, 1.82) is 0 Å². The normalized spacial score (nSPS) is 15.1. The molecule has 2 heteroatoms. The van der Waals surface area contributed by atoms with E-state index < -0.39 is 0 Å². The molecule has 0 bridgehead atoms. The van der Waals surface area contributed by atoms with Crippen LogP contribution in [0.25, 0.3) is 0 Å². The van der Waals surface area contributed by atoms with Gasteiger partial charge in [-0.2, -0.15) is 0 Å². The van der Waals surface area contributed by atoms with Crippen molar-refractivity contribution in [2.45, 2.75) is 38.8 Å². The fraction of sp³-hybridized carbons (Fsp3) is 0.333. The van der Waals surface area contributed by atoms with Gasteiger partial charge < -0.3 is 5.32 Å². The van der Waals surface area contributed by atoms with E-state index in [1.165, 1.54) is 30.4 Å². The second-order valence-corrected chi connectivity index (χ2v) is 6.53. The molecule has 0 spiro atoms. The van der Waals surface area contributed by atoms with Crippen LogP contribution in [0.4, 0.5) is 0 Å². The smallest absolute Gasteiger partial charge is 0.0294 e. The van der Waals surface area contributed by atoms with Crippen LogP contribution in [0.5, 0.6) is 0 Å². The van der Waals surface area contributed by atoms with Crippen molar-refractivity contribution < 1.29 is 0 Å². The highest BCUT2D eigenvalue weighted by Gasteiger charge is 2.11. The van der Waals surface area contributed by atoms with Crippen molar-refractivity contribution >= 4 is 15.9 Å². The third kappa shape index (κ3) is 3.13. The van der Waals surface area contributed by atoms with Crippen LogP contribution in [0.3, 0.4) is 0 Å². The Bertz CT molecular complexity index is 589. The Hall–Kier alpha value is -1.12. The molecule has 0 saturated carbocycles. The zero-order valence-electron chi connectivity index (χ0n) is 11.8. The molecule has 2 aromatic rings. The van der Waals surface area contributed by atoms with E-state index in [0.29, 0.717) is 6.04 Å². The van der Waals surface area contributed by atoms with Crippen LogP contribution in [-0.2, 0) is 19.4 Å². The molecule has 104 valence electrons. The maximum absolute atomic E-state index is 3.61. The number of aryl methyl sites for hydroxylation is 2. The zero-order valence-corrected chi connectivity index (χ0v) is 13.4. The summed E-state index contributed by atoms with van der Waals surface area (Å²) in [5.74, 6) is 0. The maximum Gasteiger partial charge on any atom is 0.0294 e. The SMILES string of the molecule is CC(NCc1ccc2c(c1)CCC2)c1ccc(Br)cc1. The molecule has 1 aliphatic rings. The van der Waals surface area contributed by atoms with E-state index in [1.807, 2.05) is 0 Å². The quantitative estimate of drug-likeness (QED) is 0.850. The monoisotopic (exact) mass is 329 g/mol. The van der Waals surface area contributed by atoms with Crippen molar-refractivity contribution in [3.8, 4) is 0 Å². The highest BCUT2D eigenvalue weighted by molar-refractivity contribution is 9.10. The van der Waals surface area contributed by atoms with Crippen LogP contribution in [0, 0.1) is 0 Å². The second kappa shape index (κ2) is 6.11. The minimum absolute atomic E-state index is 0.372. The minimum Gasteiger partial charge on any atom is -0.306 e. The first kappa shape index (κ1) is 13.8. The van der Waals surface area contributed by atoms with Gasteiger partial charge >= 0.3 is 0 Å². The first-order valence-electron chi connectivity index (χ1n) is 7.32. The lowest BCUT2D eigenvalue weighted by Crippen LogP contribution is -2.18. The Morgan fingerprint density at radius 1 is 1.05 bits per heavy atom. The summed E-state index contributed by atoms with van der Waals surface area (Å²) in [7, 11) is 0. The lowest BCUT2D eigenvalue weighted by atomic mass is 10.1. The van der Waals surface area contributed by atoms with Gasteiger partial charge in [0.2, 0.25) is 0 Å². The summed E-state index contributed by atoms with van der Waals surface area (Å²) >= 11 is 3.48. The Kier molecular flexibility index (Phi) is 4.23. The van der Waals surface area contributed by atoms with E-state index in [2.05, 4.69) is 70.6 Å². The number of hydrogen-bond acceptors (Lipinski definition) is 1. The van der Waals surface area contributed by atoms with E-state index in [-0.39, 0.29) is 0 Å². The van der Waals surface area contributed by atoms with E-state index in [1.54, 1.807) is 11.1 Å². The summed E-state index contributed by atoms with van der Waals surface area (Å²) < 4.78 is 1.13. The zero-order chi connectivity index (χ0) is 13.9. The summed E-state index contributed by atoms with van der Waals surface area (Å²) in [6.45, 7) is 3.15. The second-order valence-electron chi connectivity index (χ2n) is 5.61. The van der Waals surface area contributed by atoms with Gasteiger partial charge in [0, 0.05) is 17.1 Å². The molecule has 2 aromatic carbocycles. The molecule has 1 aliphatic carbocycles. The predicted octanol–water partition coefficient (Wildman–Crippen LogP) is 4.79. The summed E-state index contributed by atoms with van der Waals surface area (Å²) in [5.41, 5.74) is 5.83. The first-order valence-corrected chi connectivity index (χ1v) is 8.11. The Morgan fingerprint density at radius 2 is 1.80 bits per heavy atom. The van der Waals surface area contributed by atoms with E-state index in [4.69, 9.17) is 0 Å². The Labute approximate surface area is 129 Å². The molecule has 0 radical (unpaired) electrons. The van der Waals surface area contributed by atoms with Crippen LogP contribution in [0.1, 0.15) is 41.6 Å². The summed E-state index contributed by atoms with van der Waals surface area (Å²) in [6, 6.07) is 15.9. The first-order chi connectivity index (χ1) is 9.72. The molecule has 1 N–H and O–H groups in total. The summed E-state index contributed by atoms with van der Waals surface area (Å²) in [6.07, 6.45) is 3.84. The maximum atomic E-state index is 3.61. The van der Waals surface area contributed by atoms with Crippen LogP contribution < -0.4 is 5.32 Å². The topological polar surface area (TPSA) is 12.0 Å². The molecule has 0 amide bonds. The van der Waals surface area contributed by atoms with Crippen LogP contribution in [0.15, 0.2) is 46.9 Å². The number of nitrogens with one attached hydrogen (secondary N) is 1. The van der Waals surface area contributed by atoms with Gasteiger partial charge in [-0.3, -0.25) is 0 Å². The van der Waals surface area contributed by atoms with Gasteiger partial charge in [0.05, 0.1) is 0 Å². The van der Waals surface area contributed by atoms with E-state index in [0.717, 1.165) is 11.0 Å². The Balaban J connectivity index is 1.63. The van der Waals surface area contributed by atoms with Crippen LogP contribution in [0.2, 0.25) is 0 Å². The third-order valence-electron chi connectivity index (χ3n) is 4.15. The van der Waals surface area contributed by atoms with Gasteiger partial charge in [0.25, 0.3) is 0 Å². The fourth-order valence-corrected chi connectivity index (χ4v) is 3.14. The molecule has 3 rings (SSSR count). The number of hydrogen-bond donors (Lipinski definition) is 1. The largest absolute Gasteiger partial charge is 0.306 e. The average molecular weight is 330 g/mol. The van der Waals surface area contributed by atoms with E-state index >= 15 is 0 Å². The number of benzene rings is 2. The van der Waals surface area contributed by atoms with Gasteiger partial charge in [-0.1, -0.05) is 46.3 Å². The van der Waals surface area contributed by atoms with Gasteiger partial charge in [0.15, 0.2) is 0 Å². The number of halogens is 1. The molecule has 20 heavy (non-hydrogen) atoms. The average Bonchev–Trinajstić information content (AvgIpc) is 2.93.